The van der Waals surface area contributed by atoms with E-state index < -0.39 is 10.0 Å². The molecule has 5 atom stereocenters. The van der Waals surface area contributed by atoms with E-state index in [1.807, 2.05) is 30.3 Å². The predicted molar refractivity (Wildman–Crippen MR) is 124 cm³/mol. The van der Waals surface area contributed by atoms with Gasteiger partial charge in [-0.15, -0.1) is 0 Å². The number of amides is 1. The van der Waals surface area contributed by atoms with E-state index >= 15 is 0 Å². The standard InChI is InChI=1S/C26H32N2O3S/c29-26(27-25-16-20-15-24(25)23-7-3-6-22(20)23)18-10-12-28(13-11-18)32(30,31)21-9-8-17-4-1-2-5-19(17)14-21/h1-2,4-5,8-9,14,18,20,22-25H,3,6-7,10-13,15-16H2,(H,27,29). The summed E-state index contributed by atoms with van der Waals surface area (Å²) < 4.78 is 28.0. The van der Waals surface area contributed by atoms with Gasteiger partial charge in [-0.1, -0.05) is 36.8 Å². The number of piperidine rings is 1. The Kier molecular flexibility index (Phi) is 5.06. The van der Waals surface area contributed by atoms with Gasteiger partial charge >= 0.3 is 0 Å². The quantitative estimate of drug-likeness (QED) is 0.757. The van der Waals surface area contributed by atoms with E-state index in [1.54, 1.807) is 16.4 Å². The minimum absolute atomic E-state index is 0.0726. The maximum atomic E-state index is 13.2. The SMILES string of the molecule is O=C(NC1CC2CC1C1CCCC21)C1CCN(S(=O)(=O)c2ccc3ccccc3c2)CC1. The minimum atomic E-state index is -3.54. The number of hydrogen-bond donors (Lipinski definition) is 1. The van der Waals surface area contributed by atoms with Gasteiger partial charge in [-0.3, -0.25) is 4.79 Å². The Morgan fingerprint density at radius 2 is 1.62 bits per heavy atom. The lowest BCUT2D eigenvalue weighted by molar-refractivity contribution is -0.127. The Balaban J connectivity index is 1.08. The third-order valence-electron chi connectivity index (χ3n) is 8.94. The third kappa shape index (κ3) is 3.38. The number of rotatable bonds is 4. The number of benzene rings is 2. The van der Waals surface area contributed by atoms with Crippen LogP contribution in [0.2, 0.25) is 0 Å². The average Bonchev–Trinajstić information content (AvgIpc) is 3.53. The van der Waals surface area contributed by atoms with Crippen LogP contribution >= 0.6 is 0 Å². The van der Waals surface area contributed by atoms with Crippen LogP contribution in [0.3, 0.4) is 0 Å². The van der Waals surface area contributed by atoms with Gasteiger partial charge in [0.05, 0.1) is 4.90 Å². The summed E-state index contributed by atoms with van der Waals surface area (Å²) in [6.45, 7) is 0.823. The molecule has 3 saturated carbocycles. The molecule has 4 aliphatic rings. The second kappa shape index (κ2) is 7.84. The van der Waals surface area contributed by atoms with Crippen molar-refractivity contribution in [2.24, 2.45) is 29.6 Å². The lowest BCUT2D eigenvalue weighted by atomic mass is 9.79. The van der Waals surface area contributed by atoms with Gasteiger partial charge in [-0.05, 0) is 85.1 Å². The molecule has 32 heavy (non-hydrogen) atoms. The largest absolute Gasteiger partial charge is 0.353 e. The van der Waals surface area contributed by atoms with E-state index in [9.17, 15) is 13.2 Å². The number of carbonyl (C=O) groups is 1. The lowest BCUT2D eigenvalue weighted by Crippen LogP contribution is -2.48. The lowest BCUT2D eigenvalue weighted by Gasteiger charge is -2.35. The maximum Gasteiger partial charge on any atom is 0.243 e. The maximum absolute atomic E-state index is 13.2. The van der Waals surface area contributed by atoms with Gasteiger partial charge < -0.3 is 5.32 Å². The van der Waals surface area contributed by atoms with Crippen molar-refractivity contribution in [2.45, 2.75) is 55.9 Å². The van der Waals surface area contributed by atoms with Gasteiger partial charge in [0.2, 0.25) is 15.9 Å². The molecule has 0 radical (unpaired) electrons. The molecule has 1 amide bonds. The third-order valence-corrected chi connectivity index (χ3v) is 10.8. The van der Waals surface area contributed by atoms with Gasteiger partial charge in [0.15, 0.2) is 0 Å². The first kappa shape index (κ1) is 20.7. The Morgan fingerprint density at radius 3 is 2.44 bits per heavy atom. The fourth-order valence-electron chi connectivity index (χ4n) is 7.37. The van der Waals surface area contributed by atoms with E-state index in [1.165, 1.54) is 25.7 Å². The molecule has 3 aliphatic carbocycles. The number of carbonyl (C=O) groups excluding carboxylic acids is 1. The summed E-state index contributed by atoms with van der Waals surface area (Å²) in [5.41, 5.74) is 0. The zero-order chi connectivity index (χ0) is 21.9. The van der Waals surface area contributed by atoms with Crippen molar-refractivity contribution >= 4 is 26.7 Å². The van der Waals surface area contributed by atoms with Crippen molar-refractivity contribution in [1.29, 1.82) is 0 Å². The van der Waals surface area contributed by atoms with E-state index in [4.69, 9.17) is 0 Å². The molecular weight excluding hydrogens is 420 g/mol. The fourth-order valence-corrected chi connectivity index (χ4v) is 8.88. The highest BCUT2D eigenvalue weighted by Gasteiger charge is 2.54. The molecule has 0 spiro atoms. The van der Waals surface area contributed by atoms with Crippen molar-refractivity contribution in [1.82, 2.24) is 9.62 Å². The molecule has 5 unspecified atom stereocenters. The molecule has 1 saturated heterocycles. The molecule has 2 bridgehead atoms. The molecule has 0 aromatic heterocycles. The van der Waals surface area contributed by atoms with Crippen molar-refractivity contribution in [3.8, 4) is 0 Å². The Labute approximate surface area is 190 Å². The number of hydrogen-bond acceptors (Lipinski definition) is 3. The highest BCUT2D eigenvalue weighted by Crippen LogP contribution is 2.58. The fraction of sp³-hybridized carbons (Fsp3) is 0.577. The van der Waals surface area contributed by atoms with Crippen LogP contribution in [0.25, 0.3) is 10.8 Å². The number of nitrogens with one attached hydrogen (secondary N) is 1. The van der Waals surface area contributed by atoms with Crippen LogP contribution in [-0.4, -0.2) is 37.8 Å². The first-order valence-corrected chi connectivity index (χ1v) is 13.7. The first-order chi connectivity index (χ1) is 15.5. The number of sulfonamides is 1. The van der Waals surface area contributed by atoms with Crippen molar-refractivity contribution in [3.05, 3.63) is 42.5 Å². The molecule has 170 valence electrons. The van der Waals surface area contributed by atoms with Crippen LogP contribution in [0.5, 0.6) is 0 Å². The monoisotopic (exact) mass is 452 g/mol. The summed E-state index contributed by atoms with van der Waals surface area (Å²) in [6.07, 6.45) is 7.79. The van der Waals surface area contributed by atoms with Gasteiger partial charge in [0.1, 0.15) is 0 Å². The van der Waals surface area contributed by atoms with Crippen molar-refractivity contribution in [2.75, 3.05) is 13.1 Å². The molecule has 1 heterocycles. The van der Waals surface area contributed by atoms with Crippen LogP contribution in [0.15, 0.2) is 47.4 Å². The highest BCUT2D eigenvalue weighted by molar-refractivity contribution is 7.89. The summed E-state index contributed by atoms with van der Waals surface area (Å²) in [7, 11) is -3.54. The number of fused-ring (bicyclic) bond motifs is 6. The van der Waals surface area contributed by atoms with Crippen LogP contribution in [0, 0.1) is 29.6 Å². The molecular formula is C26H32N2O3S. The predicted octanol–water partition coefficient (Wildman–Crippen LogP) is 4.18. The highest BCUT2D eigenvalue weighted by atomic mass is 32.2. The van der Waals surface area contributed by atoms with E-state index in [0.29, 0.717) is 42.8 Å². The molecule has 4 fully saturated rings. The molecule has 1 N–H and O–H groups in total. The first-order valence-electron chi connectivity index (χ1n) is 12.3. The van der Waals surface area contributed by atoms with Crippen molar-refractivity contribution in [3.63, 3.8) is 0 Å². The zero-order valence-electron chi connectivity index (χ0n) is 18.4. The molecule has 1 aliphatic heterocycles. The second-order valence-electron chi connectivity index (χ2n) is 10.5. The molecule has 2 aromatic carbocycles. The van der Waals surface area contributed by atoms with E-state index in [-0.39, 0.29) is 11.8 Å². The summed E-state index contributed by atoms with van der Waals surface area (Å²) >= 11 is 0. The summed E-state index contributed by atoms with van der Waals surface area (Å²) in [5.74, 6) is 3.36. The van der Waals surface area contributed by atoms with Gasteiger partial charge in [-0.2, -0.15) is 4.31 Å². The van der Waals surface area contributed by atoms with Crippen LogP contribution < -0.4 is 5.32 Å². The topological polar surface area (TPSA) is 66.5 Å². The molecule has 6 heteroatoms. The molecule has 6 rings (SSSR count). The summed E-state index contributed by atoms with van der Waals surface area (Å²) in [4.78, 5) is 13.4. The number of nitrogens with zero attached hydrogens (tertiary/aromatic N) is 1. The van der Waals surface area contributed by atoms with Crippen LogP contribution in [0.4, 0.5) is 0 Å². The Morgan fingerprint density at radius 1 is 0.875 bits per heavy atom. The van der Waals surface area contributed by atoms with Crippen molar-refractivity contribution < 1.29 is 13.2 Å². The smallest absolute Gasteiger partial charge is 0.243 e. The zero-order valence-corrected chi connectivity index (χ0v) is 19.3. The second-order valence-corrected chi connectivity index (χ2v) is 12.4. The molecule has 2 aromatic rings. The van der Waals surface area contributed by atoms with Crippen LogP contribution in [-0.2, 0) is 14.8 Å². The van der Waals surface area contributed by atoms with Gasteiger partial charge in [0, 0.05) is 25.0 Å². The van der Waals surface area contributed by atoms with E-state index in [0.717, 1.165) is 34.9 Å². The normalized spacial score (nSPS) is 32.9. The Bertz CT molecular complexity index is 1140. The minimum Gasteiger partial charge on any atom is -0.353 e. The average molecular weight is 453 g/mol. The van der Waals surface area contributed by atoms with Gasteiger partial charge in [0.25, 0.3) is 0 Å². The van der Waals surface area contributed by atoms with Gasteiger partial charge in [-0.25, -0.2) is 8.42 Å². The van der Waals surface area contributed by atoms with E-state index in [2.05, 4.69) is 5.32 Å². The molecule has 5 nitrogen and oxygen atoms in total. The van der Waals surface area contributed by atoms with Crippen LogP contribution in [0.1, 0.15) is 44.9 Å². The summed E-state index contributed by atoms with van der Waals surface area (Å²) in [5, 5.41) is 5.35. The summed E-state index contributed by atoms with van der Waals surface area (Å²) in [6, 6.07) is 13.5. The Hall–Kier alpha value is -1.92.